The predicted molar refractivity (Wildman–Crippen MR) is 76.8 cm³/mol. The van der Waals surface area contributed by atoms with Gasteiger partial charge < -0.3 is 9.47 Å². The molecule has 18 heavy (non-hydrogen) atoms. The van der Waals surface area contributed by atoms with Gasteiger partial charge in [-0.15, -0.1) is 0 Å². The van der Waals surface area contributed by atoms with Crippen molar-refractivity contribution < 1.29 is 4.79 Å². The monoisotopic (exact) mass is 312 g/mol. The van der Waals surface area contributed by atoms with Crippen LogP contribution in [0.2, 0.25) is 0 Å². The van der Waals surface area contributed by atoms with E-state index < -0.39 is 0 Å². The van der Waals surface area contributed by atoms with Crippen LogP contribution in [-0.4, -0.2) is 29.0 Å². The Morgan fingerprint density at radius 1 is 1.56 bits per heavy atom. The summed E-state index contributed by atoms with van der Waals surface area (Å²) in [6.45, 7) is 5.07. The zero-order valence-electron chi connectivity index (χ0n) is 11.3. The third kappa shape index (κ3) is 2.79. The average Bonchev–Trinajstić information content (AvgIpc) is 2.64. The highest BCUT2D eigenvalue weighted by Gasteiger charge is 2.24. The van der Waals surface area contributed by atoms with Gasteiger partial charge >= 0.3 is 0 Å². The van der Waals surface area contributed by atoms with Crippen LogP contribution < -0.4 is 0 Å². The van der Waals surface area contributed by atoms with Gasteiger partial charge in [-0.05, 0) is 54.6 Å². The van der Waals surface area contributed by atoms with Gasteiger partial charge in [0.15, 0.2) is 0 Å². The quantitative estimate of drug-likeness (QED) is 0.832. The molecule has 1 saturated carbocycles. The van der Waals surface area contributed by atoms with Crippen LogP contribution >= 0.6 is 15.9 Å². The summed E-state index contributed by atoms with van der Waals surface area (Å²) in [6, 6.07) is 2.21. The molecule has 0 bridgehead atoms. The van der Waals surface area contributed by atoms with Crippen molar-refractivity contribution in [2.45, 2.75) is 39.2 Å². The Labute approximate surface area is 117 Å². The van der Waals surface area contributed by atoms with Crippen LogP contribution in [0.3, 0.4) is 0 Å². The topological polar surface area (TPSA) is 25.2 Å². The number of hydrogen-bond donors (Lipinski definition) is 0. The molecule has 3 nitrogen and oxygen atoms in total. The number of amides is 1. The lowest BCUT2D eigenvalue weighted by Crippen LogP contribution is -2.35. The number of halogens is 1. The maximum Gasteiger partial charge on any atom is 0.270 e. The second-order valence-electron chi connectivity index (χ2n) is 5.53. The minimum absolute atomic E-state index is 0.126. The van der Waals surface area contributed by atoms with Crippen molar-refractivity contribution in [2.24, 2.45) is 5.92 Å². The summed E-state index contributed by atoms with van der Waals surface area (Å²) in [7, 11) is 1.91. The van der Waals surface area contributed by atoms with E-state index in [1.54, 1.807) is 0 Å². The van der Waals surface area contributed by atoms with E-state index in [0.29, 0.717) is 12.0 Å². The Morgan fingerprint density at radius 2 is 2.22 bits per heavy atom. The molecular formula is C14H21BrN2O. The fourth-order valence-electron chi connectivity index (χ4n) is 2.39. The summed E-state index contributed by atoms with van der Waals surface area (Å²) < 4.78 is 3.00. The van der Waals surface area contributed by atoms with Crippen molar-refractivity contribution in [1.82, 2.24) is 9.47 Å². The lowest BCUT2D eigenvalue weighted by Gasteiger charge is -2.30. The number of nitrogens with zero attached hydrogens (tertiary/aromatic N) is 2. The van der Waals surface area contributed by atoms with Crippen LogP contribution in [0.5, 0.6) is 0 Å². The molecule has 1 aliphatic carbocycles. The van der Waals surface area contributed by atoms with Crippen molar-refractivity contribution in [1.29, 1.82) is 0 Å². The molecule has 1 aromatic rings. The number of carbonyl (C=O) groups is 1. The summed E-state index contributed by atoms with van der Waals surface area (Å²) in [5.41, 5.74) is 0.777. The fourth-order valence-corrected chi connectivity index (χ4v) is 2.82. The van der Waals surface area contributed by atoms with Gasteiger partial charge in [-0.1, -0.05) is 6.42 Å². The third-order valence-electron chi connectivity index (χ3n) is 3.69. The van der Waals surface area contributed by atoms with Crippen LogP contribution in [0.4, 0.5) is 0 Å². The van der Waals surface area contributed by atoms with E-state index in [2.05, 4.69) is 29.8 Å². The van der Waals surface area contributed by atoms with Gasteiger partial charge in [-0.2, -0.15) is 0 Å². The minimum Gasteiger partial charge on any atom is -0.340 e. The molecule has 1 fully saturated rings. The zero-order chi connectivity index (χ0) is 13.3. The first-order chi connectivity index (χ1) is 8.49. The van der Waals surface area contributed by atoms with E-state index in [1.807, 2.05) is 28.8 Å². The summed E-state index contributed by atoms with van der Waals surface area (Å²) in [4.78, 5) is 14.3. The van der Waals surface area contributed by atoms with E-state index in [4.69, 9.17) is 0 Å². The molecule has 1 aliphatic rings. The van der Waals surface area contributed by atoms with Crippen LogP contribution in [0.15, 0.2) is 16.7 Å². The zero-order valence-corrected chi connectivity index (χ0v) is 12.9. The Balaban J connectivity index is 2.11. The first-order valence-corrected chi connectivity index (χ1v) is 7.41. The van der Waals surface area contributed by atoms with E-state index >= 15 is 0 Å². The second kappa shape index (κ2) is 5.47. The van der Waals surface area contributed by atoms with Gasteiger partial charge in [-0.3, -0.25) is 4.79 Å². The maximum absolute atomic E-state index is 12.4. The molecule has 0 aliphatic heterocycles. The molecule has 0 saturated heterocycles. The highest BCUT2D eigenvalue weighted by Crippen LogP contribution is 2.27. The van der Waals surface area contributed by atoms with E-state index in [1.165, 1.54) is 19.3 Å². The van der Waals surface area contributed by atoms with Crippen molar-refractivity contribution in [3.8, 4) is 0 Å². The first-order valence-electron chi connectivity index (χ1n) is 6.62. The Morgan fingerprint density at radius 3 is 2.72 bits per heavy atom. The van der Waals surface area contributed by atoms with E-state index in [-0.39, 0.29) is 5.91 Å². The Kier molecular flexibility index (Phi) is 4.15. The molecule has 100 valence electrons. The van der Waals surface area contributed by atoms with Gasteiger partial charge in [0.05, 0.1) is 0 Å². The largest absolute Gasteiger partial charge is 0.340 e. The summed E-state index contributed by atoms with van der Waals surface area (Å²) in [5.74, 6) is 0.839. The first kappa shape index (κ1) is 13.7. The van der Waals surface area contributed by atoms with Gasteiger partial charge in [0, 0.05) is 30.3 Å². The SMILES string of the molecule is CC(C)n1cc(Br)cc1C(=O)N(C)CC1CCC1. The number of carbonyl (C=O) groups excluding carboxylic acids is 1. The van der Waals surface area contributed by atoms with Gasteiger partial charge in [0.1, 0.15) is 5.69 Å². The molecule has 0 atom stereocenters. The molecule has 0 N–H and O–H groups in total. The van der Waals surface area contributed by atoms with Crippen LogP contribution in [-0.2, 0) is 0 Å². The molecule has 0 unspecified atom stereocenters. The average molecular weight is 313 g/mol. The van der Waals surface area contributed by atoms with Crippen LogP contribution in [0, 0.1) is 5.92 Å². The smallest absolute Gasteiger partial charge is 0.270 e. The molecule has 1 heterocycles. The molecule has 0 spiro atoms. The molecule has 1 amide bonds. The molecule has 0 radical (unpaired) electrons. The van der Waals surface area contributed by atoms with Crippen molar-refractivity contribution in [3.63, 3.8) is 0 Å². The van der Waals surface area contributed by atoms with Crippen LogP contribution in [0.25, 0.3) is 0 Å². The fraction of sp³-hybridized carbons (Fsp3) is 0.643. The Bertz CT molecular complexity index is 435. The molecule has 0 aromatic carbocycles. The third-order valence-corrected chi connectivity index (χ3v) is 4.13. The summed E-state index contributed by atoms with van der Waals surface area (Å²) in [5, 5.41) is 0. The van der Waals surface area contributed by atoms with Crippen molar-refractivity contribution in [2.75, 3.05) is 13.6 Å². The Hall–Kier alpha value is -0.770. The van der Waals surface area contributed by atoms with E-state index in [9.17, 15) is 4.79 Å². The van der Waals surface area contributed by atoms with Crippen molar-refractivity contribution in [3.05, 3.63) is 22.4 Å². The standard InChI is InChI=1S/C14H21BrN2O/c1-10(2)17-9-12(15)7-13(17)14(18)16(3)8-11-5-4-6-11/h7,9-11H,4-6,8H2,1-3H3. The molecule has 2 rings (SSSR count). The molecular weight excluding hydrogens is 292 g/mol. The highest BCUT2D eigenvalue weighted by atomic mass is 79.9. The second-order valence-corrected chi connectivity index (χ2v) is 6.44. The highest BCUT2D eigenvalue weighted by molar-refractivity contribution is 9.10. The van der Waals surface area contributed by atoms with Crippen molar-refractivity contribution >= 4 is 21.8 Å². The summed E-state index contributed by atoms with van der Waals surface area (Å²) >= 11 is 3.45. The lowest BCUT2D eigenvalue weighted by molar-refractivity contribution is 0.0733. The van der Waals surface area contributed by atoms with Gasteiger partial charge in [0.2, 0.25) is 0 Å². The number of rotatable bonds is 4. The summed E-state index contributed by atoms with van der Waals surface area (Å²) in [6.07, 6.45) is 5.84. The number of aromatic nitrogens is 1. The number of hydrogen-bond acceptors (Lipinski definition) is 1. The molecule has 4 heteroatoms. The van der Waals surface area contributed by atoms with E-state index in [0.717, 1.165) is 16.7 Å². The normalized spacial score (nSPS) is 15.8. The maximum atomic E-state index is 12.4. The van der Waals surface area contributed by atoms with Gasteiger partial charge in [-0.25, -0.2) is 0 Å². The minimum atomic E-state index is 0.126. The predicted octanol–water partition coefficient (Wildman–Crippen LogP) is 3.70. The van der Waals surface area contributed by atoms with Gasteiger partial charge in [0.25, 0.3) is 5.91 Å². The lowest BCUT2D eigenvalue weighted by atomic mass is 9.85. The molecule has 1 aromatic heterocycles. The van der Waals surface area contributed by atoms with Crippen LogP contribution in [0.1, 0.15) is 49.6 Å².